The molecule has 1 fully saturated rings. The lowest BCUT2D eigenvalue weighted by Crippen LogP contribution is -2.20. The topological polar surface area (TPSA) is 38.3 Å². The fourth-order valence-electron chi connectivity index (χ4n) is 0.350. The number of nitrogens with one attached hydrogen (secondary N) is 1. The van der Waals surface area contributed by atoms with Crippen molar-refractivity contribution in [2.75, 3.05) is 6.61 Å². The number of carbonyl (C=O) groups excluding carboxylic acids is 1. The SMILES string of the molecule is O=C1CCOPN1. The summed E-state index contributed by atoms with van der Waals surface area (Å²) in [6.45, 7) is 0.588. The number of hydrogen-bond acceptors (Lipinski definition) is 2. The lowest BCUT2D eigenvalue weighted by atomic mass is 10.4. The summed E-state index contributed by atoms with van der Waals surface area (Å²) in [6, 6.07) is 0. The summed E-state index contributed by atoms with van der Waals surface area (Å²) < 4.78 is 4.84. The molecule has 1 N–H and O–H groups in total. The molecule has 1 saturated heterocycles. The highest BCUT2D eigenvalue weighted by molar-refractivity contribution is 7.31. The Balaban J connectivity index is 2.25. The van der Waals surface area contributed by atoms with E-state index < -0.39 is 0 Å². The third kappa shape index (κ3) is 1.41. The van der Waals surface area contributed by atoms with Crippen molar-refractivity contribution in [3.05, 3.63) is 0 Å². The zero-order chi connectivity index (χ0) is 5.11. The molecule has 1 rings (SSSR count). The van der Waals surface area contributed by atoms with Gasteiger partial charge >= 0.3 is 0 Å². The Morgan fingerprint density at radius 1 is 1.86 bits per heavy atom. The summed E-state index contributed by atoms with van der Waals surface area (Å²) in [7, 11) is 0.182. The van der Waals surface area contributed by atoms with Gasteiger partial charge in [0.15, 0.2) is 0 Å². The number of rotatable bonds is 0. The third-order valence-corrected chi connectivity index (χ3v) is 1.42. The molecule has 40 valence electrons. The van der Waals surface area contributed by atoms with Crippen molar-refractivity contribution in [3.63, 3.8) is 0 Å². The standard InChI is InChI=1S/C3H6NO2P/c5-3-1-2-6-7-4-3/h7H,1-2H2,(H,4,5). The van der Waals surface area contributed by atoms with Crippen molar-refractivity contribution in [1.82, 2.24) is 5.09 Å². The molecule has 1 aliphatic heterocycles. The van der Waals surface area contributed by atoms with E-state index >= 15 is 0 Å². The first kappa shape index (κ1) is 5.01. The van der Waals surface area contributed by atoms with Gasteiger partial charge in [-0.2, -0.15) is 0 Å². The van der Waals surface area contributed by atoms with E-state index in [0.717, 1.165) is 0 Å². The largest absolute Gasteiger partial charge is 0.341 e. The zero-order valence-corrected chi connectivity index (χ0v) is 4.73. The maximum absolute atomic E-state index is 10.3. The van der Waals surface area contributed by atoms with Gasteiger partial charge in [-0.1, -0.05) is 0 Å². The van der Waals surface area contributed by atoms with Crippen LogP contribution in [-0.2, 0) is 9.32 Å². The highest BCUT2D eigenvalue weighted by atomic mass is 31.1. The number of hydrogen-bond donors (Lipinski definition) is 1. The van der Waals surface area contributed by atoms with Crippen LogP contribution in [0.2, 0.25) is 0 Å². The normalized spacial score (nSPS) is 24.9. The minimum Gasteiger partial charge on any atom is -0.341 e. The Kier molecular flexibility index (Phi) is 1.60. The fraction of sp³-hybridized carbons (Fsp3) is 0.667. The minimum atomic E-state index is 0.101. The Morgan fingerprint density at radius 2 is 2.71 bits per heavy atom. The van der Waals surface area contributed by atoms with Gasteiger partial charge < -0.3 is 9.61 Å². The van der Waals surface area contributed by atoms with Crippen LogP contribution in [0.15, 0.2) is 0 Å². The molecule has 7 heavy (non-hydrogen) atoms. The zero-order valence-electron chi connectivity index (χ0n) is 3.73. The summed E-state index contributed by atoms with van der Waals surface area (Å²) in [4.78, 5) is 10.3. The van der Waals surface area contributed by atoms with Crippen LogP contribution in [0.4, 0.5) is 0 Å². The molecule has 0 aromatic rings. The Morgan fingerprint density at radius 3 is 3.00 bits per heavy atom. The van der Waals surface area contributed by atoms with Gasteiger partial charge in [0.1, 0.15) is 8.96 Å². The Bertz CT molecular complexity index is 77.0. The molecule has 0 aromatic heterocycles. The molecule has 1 atom stereocenters. The second-order valence-corrected chi connectivity index (χ2v) is 1.99. The molecule has 0 saturated carbocycles. The second-order valence-electron chi connectivity index (χ2n) is 1.25. The predicted octanol–water partition coefficient (Wildman–Crippen LogP) is 0.0314. The average Bonchev–Trinajstić information content (AvgIpc) is 1.69. The molecule has 0 spiro atoms. The molecule has 1 aliphatic rings. The van der Waals surface area contributed by atoms with Crippen LogP contribution in [0.5, 0.6) is 0 Å². The van der Waals surface area contributed by atoms with Crippen LogP contribution in [-0.4, -0.2) is 12.5 Å². The van der Waals surface area contributed by atoms with E-state index in [1.54, 1.807) is 0 Å². The molecular formula is C3H6NO2P. The van der Waals surface area contributed by atoms with E-state index in [0.29, 0.717) is 13.0 Å². The van der Waals surface area contributed by atoms with E-state index in [1.165, 1.54) is 0 Å². The Labute approximate surface area is 43.3 Å². The lowest BCUT2D eigenvalue weighted by Gasteiger charge is -2.09. The first-order valence-corrected chi connectivity index (χ1v) is 2.96. The van der Waals surface area contributed by atoms with Gasteiger partial charge in [0, 0.05) is 0 Å². The van der Waals surface area contributed by atoms with Gasteiger partial charge in [0.05, 0.1) is 13.0 Å². The van der Waals surface area contributed by atoms with Crippen molar-refractivity contribution < 1.29 is 9.32 Å². The summed E-state index contributed by atoms with van der Waals surface area (Å²) in [5, 5.41) is 2.55. The highest BCUT2D eigenvalue weighted by Gasteiger charge is 2.04. The van der Waals surface area contributed by atoms with Crippen molar-refractivity contribution in [2.24, 2.45) is 0 Å². The van der Waals surface area contributed by atoms with Crippen LogP contribution in [0.3, 0.4) is 0 Å². The molecule has 1 heterocycles. The van der Waals surface area contributed by atoms with Crippen LogP contribution >= 0.6 is 8.96 Å². The summed E-state index contributed by atoms with van der Waals surface area (Å²) in [5.41, 5.74) is 0. The third-order valence-electron chi connectivity index (χ3n) is 0.694. The Hall–Kier alpha value is -0.140. The van der Waals surface area contributed by atoms with Crippen molar-refractivity contribution >= 4 is 14.9 Å². The van der Waals surface area contributed by atoms with E-state index in [2.05, 4.69) is 5.09 Å². The van der Waals surface area contributed by atoms with Crippen molar-refractivity contribution in [1.29, 1.82) is 0 Å². The predicted molar refractivity (Wildman–Crippen MR) is 27.0 cm³/mol. The quantitative estimate of drug-likeness (QED) is 0.457. The summed E-state index contributed by atoms with van der Waals surface area (Å²) in [5.74, 6) is 0.101. The van der Waals surface area contributed by atoms with Gasteiger partial charge in [-0.15, -0.1) is 0 Å². The van der Waals surface area contributed by atoms with Gasteiger partial charge in [0.25, 0.3) is 0 Å². The van der Waals surface area contributed by atoms with Crippen LogP contribution in [0.1, 0.15) is 6.42 Å². The highest BCUT2D eigenvalue weighted by Crippen LogP contribution is 2.10. The molecule has 1 amide bonds. The van der Waals surface area contributed by atoms with E-state index in [1.807, 2.05) is 0 Å². The molecule has 4 heteroatoms. The molecule has 1 unspecified atom stereocenters. The van der Waals surface area contributed by atoms with Gasteiger partial charge in [0.2, 0.25) is 5.91 Å². The second kappa shape index (κ2) is 2.24. The van der Waals surface area contributed by atoms with E-state index in [4.69, 9.17) is 4.52 Å². The fourth-order valence-corrected chi connectivity index (χ4v) is 0.865. The molecular weight excluding hydrogens is 113 g/mol. The molecule has 0 aromatic carbocycles. The van der Waals surface area contributed by atoms with Crippen molar-refractivity contribution in [2.45, 2.75) is 6.42 Å². The molecule has 0 radical (unpaired) electrons. The van der Waals surface area contributed by atoms with Crippen LogP contribution in [0, 0.1) is 0 Å². The monoisotopic (exact) mass is 119 g/mol. The number of carbonyl (C=O) groups is 1. The molecule has 0 aliphatic carbocycles. The summed E-state index contributed by atoms with van der Waals surface area (Å²) in [6.07, 6.45) is 0.521. The van der Waals surface area contributed by atoms with Crippen molar-refractivity contribution in [3.8, 4) is 0 Å². The minimum absolute atomic E-state index is 0.101. The van der Waals surface area contributed by atoms with Gasteiger partial charge in [-0.05, 0) is 0 Å². The average molecular weight is 119 g/mol. The van der Waals surface area contributed by atoms with Gasteiger partial charge in [-0.3, -0.25) is 4.79 Å². The number of amides is 1. The molecule has 3 nitrogen and oxygen atoms in total. The lowest BCUT2D eigenvalue weighted by molar-refractivity contribution is -0.120. The molecule has 0 bridgehead atoms. The van der Waals surface area contributed by atoms with Crippen LogP contribution in [0.25, 0.3) is 0 Å². The van der Waals surface area contributed by atoms with Gasteiger partial charge in [-0.25, -0.2) is 0 Å². The smallest absolute Gasteiger partial charge is 0.226 e. The van der Waals surface area contributed by atoms with E-state index in [-0.39, 0.29) is 14.9 Å². The summed E-state index contributed by atoms with van der Waals surface area (Å²) >= 11 is 0. The van der Waals surface area contributed by atoms with E-state index in [9.17, 15) is 4.79 Å². The first-order valence-electron chi connectivity index (χ1n) is 2.05. The first-order chi connectivity index (χ1) is 3.39. The van der Waals surface area contributed by atoms with Crippen LogP contribution < -0.4 is 5.09 Å². The maximum atomic E-state index is 10.3. The maximum Gasteiger partial charge on any atom is 0.226 e.